The summed E-state index contributed by atoms with van der Waals surface area (Å²) in [6.45, 7) is 5.37. The zero-order valence-corrected chi connectivity index (χ0v) is 22.8. The lowest BCUT2D eigenvalue weighted by Crippen LogP contribution is -2.49. The van der Waals surface area contributed by atoms with Crippen LogP contribution in [0.2, 0.25) is 0 Å². The van der Waals surface area contributed by atoms with Gasteiger partial charge in [-0.15, -0.1) is 0 Å². The summed E-state index contributed by atoms with van der Waals surface area (Å²) in [6, 6.07) is 13.9. The Bertz CT molecular complexity index is 1550. The van der Waals surface area contributed by atoms with Crippen molar-refractivity contribution < 1.29 is 28.9 Å². The molecule has 4 aromatic rings. The van der Waals surface area contributed by atoms with Crippen LogP contribution in [0.5, 0.6) is 11.5 Å². The van der Waals surface area contributed by atoms with E-state index in [0.717, 1.165) is 10.9 Å². The topological polar surface area (TPSA) is 87.4 Å². The van der Waals surface area contributed by atoms with Crippen molar-refractivity contribution in [1.82, 2.24) is 19.7 Å². The molecule has 8 nitrogen and oxygen atoms in total. The lowest BCUT2D eigenvalue weighted by Gasteiger charge is -2.32. The van der Waals surface area contributed by atoms with E-state index < -0.39 is 30.3 Å². The molecule has 2 heterocycles. The number of hydrogen-bond acceptors (Lipinski definition) is 5. The summed E-state index contributed by atoms with van der Waals surface area (Å²) in [5.41, 5.74) is 1.87. The van der Waals surface area contributed by atoms with Crippen molar-refractivity contribution >= 4 is 16.8 Å². The Morgan fingerprint density at radius 3 is 2.30 bits per heavy atom. The summed E-state index contributed by atoms with van der Waals surface area (Å²) in [5, 5.41) is 7.62. The third-order valence-electron chi connectivity index (χ3n) is 6.37. The summed E-state index contributed by atoms with van der Waals surface area (Å²) >= 11 is 0. The van der Waals surface area contributed by atoms with Crippen LogP contribution in [0.4, 0.5) is 13.2 Å². The average Bonchev–Trinajstić information content (AvgIpc) is 3.30. The van der Waals surface area contributed by atoms with E-state index in [0.29, 0.717) is 23.9 Å². The number of nitrogens with one attached hydrogen (secondary N) is 1. The number of halogens is 3. The van der Waals surface area contributed by atoms with Crippen LogP contribution in [-0.2, 0) is 11.8 Å². The Balaban J connectivity index is 0.00000462. The first-order valence-corrected chi connectivity index (χ1v) is 12.7. The molecule has 0 saturated carbocycles. The van der Waals surface area contributed by atoms with Gasteiger partial charge in [-0.1, -0.05) is 26.0 Å². The van der Waals surface area contributed by atoms with Gasteiger partial charge in [0.1, 0.15) is 17.6 Å². The van der Waals surface area contributed by atoms with Gasteiger partial charge in [0.05, 0.1) is 23.4 Å². The van der Waals surface area contributed by atoms with Gasteiger partial charge >= 0.3 is 5.92 Å². The fourth-order valence-electron chi connectivity index (χ4n) is 4.28. The number of ether oxygens (including phenoxy) is 2. The van der Waals surface area contributed by atoms with Crippen molar-refractivity contribution in [2.75, 3.05) is 0 Å². The second-order valence-corrected chi connectivity index (χ2v) is 10.0. The Hall–Kier alpha value is -4.28. The fourth-order valence-corrected chi connectivity index (χ4v) is 4.28. The van der Waals surface area contributed by atoms with Crippen LogP contribution in [0.25, 0.3) is 16.6 Å². The number of amides is 1. The highest BCUT2D eigenvalue weighted by Crippen LogP contribution is 2.32. The predicted octanol–water partition coefficient (Wildman–Crippen LogP) is 5.58. The molecule has 0 bridgehead atoms. The zero-order chi connectivity index (χ0) is 29.2. The second kappa shape index (κ2) is 11.4. The van der Waals surface area contributed by atoms with Gasteiger partial charge in [-0.2, -0.15) is 13.9 Å². The molecule has 3 atom stereocenters. The largest absolute Gasteiger partial charge is 0.484 e. The first-order valence-electron chi connectivity index (χ1n) is 12.7. The van der Waals surface area contributed by atoms with Gasteiger partial charge in [-0.25, -0.2) is 9.07 Å². The number of carbonyl (C=O) groups excluding carboxylic acids is 1. The number of hydrogen-bond donors (Lipinski definition) is 1. The molecule has 0 aliphatic carbocycles. The fraction of sp³-hybridized carbons (Fsp3) is 0.345. The molecule has 214 valence electrons. The van der Waals surface area contributed by atoms with Crippen molar-refractivity contribution in [2.24, 2.45) is 13.0 Å². The van der Waals surface area contributed by atoms with Crippen LogP contribution in [-0.4, -0.2) is 38.6 Å². The standard InChI is InChI=1S/C29H31F3N4O4.H2/c1-17(2)26(34-28(38)29(4,31)32)27(19-6-9-22(10-7-19)39-18(3)30)40-23-11-12-24-20(14-23)15-33-36(24)21-8-13-25(37)35(5)16-21;/h6-18,26-27H,1-5H3,(H,34,38);1H/t18?,26-,27+;/m0./s1. The van der Waals surface area contributed by atoms with E-state index >= 15 is 0 Å². The van der Waals surface area contributed by atoms with E-state index in [9.17, 15) is 22.8 Å². The van der Waals surface area contributed by atoms with Gasteiger partial charge in [0.25, 0.3) is 5.91 Å². The maximum atomic E-state index is 13.8. The van der Waals surface area contributed by atoms with Crippen molar-refractivity contribution in [1.29, 1.82) is 0 Å². The quantitative estimate of drug-likeness (QED) is 0.275. The van der Waals surface area contributed by atoms with Gasteiger partial charge < -0.3 is 19.4 Å². The number of nitrogens with zero attached hydrogens (tertiary/aromatic N) is 3. The molecule has 0 fully saturated rings. The number of benzene rings is 2. The summed E-state index contributed by atoms with van der Waals surface area (Å²) in [4.78, 5) is 24.1. The Labute approximate surface area is 230 Å². The molecular formula is C29H33F3N4O4. The van der Waals surface area contributed by atoms with E-state index in [-0.39, 0.29) is 18.7 Å². The first kappa shape index (κ1) is 28.7. The highest BCUT2D eigenvalue weighted by Gasteiger charge is 2.38. The Kier molecular flexibility index (Phi) is 8.22. The van der Waals surface area contributed by atoms with Gasteiger partial charge in [0.2, 0.25) is 11.9 Å². The minimum Gasteiger partial charge on any atom is -0.484 e. The first-order chi connectivity index (χ1) is 18.8. The number of rotatable bonds is 10. The number of carbonyl (C=O) groups is 1. The van der Waals surface area contributed by atoms with Crippen molar-refractivity contribution in [2.45, 2.75) is 52.1 Å². The molecule has 0 saturated heterocycles. The maximum absolute atomic E-state index is 13.8. The van der Waals surface area contributed by atoms with E-state index in [1.807, 2.05) is 0 Å². The minimum absolute atomic E-state index is 0. The second-order valence-electron chi connectivity index (χ2n) is 10.0. The van der Waals surface area contributed by atoms with Crippen molar-refractivity contribution in [3.8, 4) is 17.2 Å². The molecule has 1 unspecified atom stereocenters. The van der Waals surface area contributed by atoms with Gasteiger partial charge in [0.15, 0.2) is 0 Å². The molecule has 1 N–H and O–H groups in total. The molecule has 11 heteroatoms. The number of pyridine rings is 1. The average molecular weight is 559 g/mol. The van der Waals surface area contributed by atoms with Crippen molar-refractivity contribution in [3.63, 3.8) is 0 Å². The molecular weight excluding hydrogens is 525 g/mol. The van der Waals surface area contributed by atoms with E-state index in [2.05, 4.69) is 10.4 Å². The molecule has 0 aliphatic heterocycles. The number of alkyl halides is 3. The van der Waals surface area contributed by atoms with Crippen LogP contribution in [0.15, 0.2) is 71.8 Å². The molecule has 0 aliphatic rings. The van der Waals surface area contributed by atoms with E-state index in [1.54, 1.807) is 86.5 Å². The summed E-state index contributed by atoms with van der Waals surface area (Å²) in [5.74, 6) is -4.59. The van der Waals surface area contributed by atoms with Crippen LogP contribution in [0, 0.1) is 5.92 Å². The summed E-state index contributed by atoms with van der Waals surface area (Å²) in [7, 11) is 1.65. The van der Waals surface area contributed by atoms with Gasteiger partial charge in [0, 0.05) is 40.0 Å². The van der Waals surface area contributed by atoms with Crippen molar-refractivity contribution in [3.05, 3.63) is 82.9 Å². The minimum atomic E-state index is -3.58. The SMILES string of the molecule is CC(F)Oc1ccc([C@@H](Oc2ccc3c(cnn3-c3ccc(=O)n(C)c3)c2)[C@@H](NC(=O)C(C)(F)F)C(C)C)cc1.[HH]. The predicted molar refractivity (Wildman–Crippen MR) is 147 cm³/mol. The lowest BCUT2D eigenvalue weighted by molar-refractivity contribution is -0.145. The van der Waals surface area contributed by atoms with Gasteiger partial charge in [-0.3, -0.25) is 9.59 Å². The molecule has 4 rings (SSSR count). The molecule has 40 heavy (non-hydrogen) atoms. The monoisotopic (exact) mass is 558 g/mol. The highest BCUT2D eigenvalue weighted by atomic mass is 19.3. The number of fused-ring (bicyclic) bond motifs is 1. The number of aromatic nitrogens is 3. The molecule has 0 spiro atoms. The molecule has 2 aromatic carbocycles. The highest BCUT2D eigenvalue weighted by molar-refractivity contribution is 5.83. The van der Waals surface area contributed by atoms with E-state index in [4.69, 9.17) is 9.47 Å². The molecule has 1 amide bonds. The van der Waals surface area contributed by atoms with E-state index in [1.165, 1.54) is 17.6 Å². The number of aryl methyl sites for hydroxylation is 1. The summed E-state index contributed by atoms with van der Waals surface area (Å²) in [6.07, 6.45) is 0.928. The molecule has 0 radical (unpaired) electrons. The zero-order valence-electron chi connectivity index (χ0n) is 22.8. The van der Waals surface area contributed by atoms with Crippen LogP contribution < -0.4 is 20.3 Å². The third-order valence-corrected chi connectivity index (χ3v) is 6.37. The molecule has 2 aromatic heterocycles. The summed E-state index contributed by atoms with van der Waals surface area (Å²) < 4.78 is 55.6. The van der Waals surface area contributed by atoms with Crippen LogP contribution >= 0.6 is 0 Å². The normalized spacial score (nSPS) is 14.1. The maximum Gasteiger partial charge on any atom is 0.321 e. The smallest absolute Gasteiger partial charge is 0.321 e. The van der Waals surface area contributed by atoms with Crippen LogP contribution in [0.1, 0.15) is 40.8 Å². The Morgan fingerprint density at radius 1 is 1.02 bits per heavy atom. The lowest BCUT2D eigenvalue weighted by atomic mass is 9.92. The van der Waals surface area contributed by atoms with Crippen LogP contribution in [0.3, 0.4) is 0 Å². The van der Waals surface area contributed by atoms with Gasteiger partial charge in [-0.05, 0) is 47.9 Å². The third kappa shape index (κ3) is 6.47. The Morgan fingerprint density at radius 2 is 1.70 bits per heavy atom.